The summed E-state index contributed by atoms with van der Waals surface area (Å²) in [6.45, 7) is 10.1. The highest BCUT2D eigenvalue weighted by Gasteiger charge is 2.38. The highest BCUT2D eigenvalue weighted by molar-refractivity contribution is 5.96. The maximum Gasteiger partial charge on any atom is 0.490 e. The lowest BCUT2D eigenvalue weighted by molar-refractivity contribution is -0.192. The zero-order chi connectivity index (χ0) is 36.3. The van der Waals surface area contributed by atoms with Gasteiger partial charge < -0.3 is 25.2 Å². The number of hydrogen-bond acceptors (Lipinski definition) is 8. The summed E-state index contributed by atoms with van der Waals surface area (Å²) in [6.07, 6.45) is -1.65. The van der Waals surface area contributed by atoms with Crippen LogP contribution in [0.1, 0.15) is 62.1 Å². The predicted molar refractivity (Wildman–Crippen MR) is 179 cm³/mol. The van der Waals surface area contributed by atoms with Crippen LogP contribution in [-0.4, -0.2) is 52.8 Å². The molecule has 4 aromatic rings. The standard InChI is InChI=1S/C33H39N5O4.C2HF3O2/c1-6-41-30-18-24(12-14-29(30)42-22(4)5)31(38(34)27-13-11-25-19-35-16-15-23(25)17-27)33(40)36-20-26-9-7-8-10-28(26)32(39)37-21(2)3;3-2(4,5)1(6)7/h7-19,21-22,31H,6,20,34H2,1-5H3,(H,36,40)(H,37,39);(H,6,7). The van der Waals surface area contributed by atoms with Crippen LogP contribution in [-0.2, 0) is 16.1 Å². The topological polar surface area (TPSA) is 156 Å². The van der Waals surface area contributed by atoms with E-state index in [0.29, 0.717) is 40.5 Å². The predicted octanol–water partition coefficient (Wildman–Crippen LogP) is 5.93. The van der Waals surface area contributed by atoms with Crippen molar-refractivity contribution in [3.63, 3.8) is 0 Å². The Kier molecular flexibility index (Phi) is 13.3. The number of pyridine rings is 1. The molecular weight excluding hydrogens is 643 g/mol. The zero-order valence-corrected chi connectivity index (χ0v) is 27.7. The maximum atomic E-state index is 14.0. The molecule has 262 valence electrons. The van der Waals surface area contributed by atoms with Crippen molar-refractivity contribution in [2.75, 3.05) is 11.6 Å². The molecule has 3 aromatic carbocycles. The molecule has 0 spiro atoms. The molecule has 0 bridgehead atoms. The van der Waals surface area contributed by atoms with Crippen LogP contribution in [0, 0.1) is 0 Å². The summed E-state index contributed by atoms with van der Waals surface area (Å²) in [6, 6.07) is 19.3. The minimum absolute atomic E-state index is 0.0183. The van der Waals surface area contributed by atoms with Gasteiger partial charge in [-0.1, -0.05) is 30.3 Å². The van der Waals surface area contributed by atoms with E-state index in [9.17, 15) is 22.8 Å². The van der Waals surface area contributed by atoms with E-state index in [4.69, 9.17) is 25.2 Å². The number of hydrazine groups is 1. The van der Waals surface area contributed by atoms with Gasteiger partial charge in [0.05, 0.1) is 18.4 Å². The fourth-order valence-electron chi connectivity index (χ4n) is 4.65. The van der Waals surface area contributed by atoms with Gasteiger partial charge in [0.1, 0.15) is 6.04 Å². The van der Waals surface area contributed by atoms with Gasteiger partial charge in [0.2, 0.25) is 5.91 Å². The van der Waals surface area contributed by atoms with Gasteiger partial charge in [-0.3, -0.25) is 19.6 Å². The number of nitrogens with two attached hydrogens (primary N) is 1. The Morgan fingerprint density at radius 3 is 2.29 bits per heavy atom. The summed E-state index contributed by atoms with van der Waals surface area (Å²) in [7, 11) is 0. The van der Waals surface area contributed by atoms with Gasteiger partial charge >= 0.3 is 12.1 Å². The van der Waals surface area contributed by atoms with Gasteiger partial charge in [-0.25, -0.2) is 10.6 Å². The Hall–Kier alpha value is -5.37. The van der Waals surface area contributed by atoms with E-state index in [1.807, 2.05) is 77.1 Å². The molecule has 0 aliphatic heterocycles. The van der Waals surface area contributed by atoms with Crippen molar-refractivity contribution in [3.05, 3.63) is 95.8 Å². The summed E-state index contributed by atoms with van der Waals surface area (Å²) in [5.74, 6) is 4.54. The van der Waals surface area contributed by atoms with Crippen LogP contribution in [0.2, 0.25) is 0 Å². The molecule has 0 saturated heterocycles. The van der Waals surface area contributed by atoms with Crippen LogP contribution in [0.15, 0.2) is 79.1 Å². The average molecular weight is 684 g/mol. The zero-order valence-electron chi connectivity index (χ0n) is 27.7. The van der Waals surface area contributed by atoms with Crippen molar-refractivity contribution in [1.29, 1.82) is 0 Å². The molecule has 1 heterocycles. The Balaban J connectivity index is 0.000000838. The van der Waals surface area contributed by atoms with E-state index in [-0.39, 0.29) is 30.5 Å². The number of hydrogen-bond donors (Lipinski definition) is 4. The molecule has 1 atom stereocenters. The number of anilines is 1. The molecular formula is C35H40F3N5O6. The first-order chi connectivity index (χ1) is 23.1. The Morgan fingerprint density at radius 1 is 0.959 bits per heavy atom. The second-order valence-corrected chi connectivity index (χ2v) is 11.3. The molecule has 5 N–H and O–H groups in total. The average Bonchev–Trinajstić information content (AvgIpc) is 3.04. The van der Waals surface area contributed by atoms with Crippen LogP contribution in [0.3, 0.4) is 0 Å². The number of amides is 2. The lowest BCUT2D eigenvalue weighted by atomic mass is 10.0. The third kappa shape index (κ3) is 10.8. The number of rotatable bonds is 12. The molecule has 4 rings (SSSR count). The summed E-state index contributed by atoms with van der Waals surface area (Å²) >= 11 is 0. The van der Waals surface area contributed by atoms with E-state index in [0.717, 1.165) is 10.8 Å². The minimum atomic E-state index is -5.08. The Labute approximate surface area is 282 Å². The van der Waals surface area contributed by atoms with E-state index < -0.39 is 18.2 Å². The van der Waals surface area contributed by atoms with Crippen LogP contribution in [0.4, 0.5) is 18.9 Å². The van der Waals surface area contributed by atoms with Crippen molar-refractivity contribution >= 4 is 34.2 Å². The number of halogens is 3. The molecule has 11 nitrogen and oxygen atoms in total. The third-order valence-corrected chi connectivity index (χ3v) is 6.77. The number of carbonyl (C=O) groups excluding carboxylic acids is 2. The van der Waals surface area contributed by atoms with Gasteiger partial charge in [0, 0.05) is 35.9 Å². The van der Waals surface area contributed by atoms with Crippen LogP contribution < -0.4 is 31.0 Å². The van der Waals surface area contributed by atoms with Crippen LogP contribution in [0.25, 0.3) is 10.8 Å². The van der Waals surface area contributed by atoms with Crippen molar-refractivity contribution in [2.24, 2.45) is 5.84 Å². The molecule has 0 radical (unpaired) electrons. The normalized spacial score (nSPS) is 11.7. The van der Waals surface area contributed by atoms with Gasteiger partial charge in [0.15, 0.2) is 11.5 Å². The molecule has 0 saturated carbocycles. The van der Waals surface area contributed by atoms with Crippen LogP contribution in [0.5, 0.6) is 11.5 Å². The van der Waals surface area contributed by atoms with Crippen molar-refractivity contribution in [1.82, 2.24) is 15.6 Å². The number of ether oxygens (including phenoxy) is 2. The number of nitrogens with one attached hydrogen (secondary N) is 2. The van der Waals surface area contributed by atoms with E-state index in [1.165, 1.54) is 5.01 Å². The van der Waals surface area contributed by atoms with Gasteiger partial charge in [0.25, 0.3) is 5.91 Å². The van der Waals surface area contributed by atoms with Crippen molar-refractivity contribution in [3.8, 4) is 11.5 Å². The Morgan fingerprint density at radius 2 is 1.65 bits per heavy atom. The van der Waals surface area contributed by atoms with Crippen molar-refractivity contribution < 1.29 is 42.1 Å². The quantitative estimate of drug-likeness (QED) is 0.105. The number of benzene rings is 3. The molecule has 0 fully saturated rings. The van der Waals surface area contributed by atoms with Crippen LogP contribution >= 0.6 is 0 Å². The first-order valence-electron chi connectivity index (χ1n) is 15.4. The molecule has 14 heteroatoms. The second kappa shape index (κ2) is 17.2. The van der Waals surface area contributed by atoms with Gasteiger partial charge in [-0.15, -0.1) is 0 Å². The fourth-order valence-corrected chi connectivity index (χ4v) is 4.65. The number of aliphatic carboxylic acids is 1. The molecule has 0 aliphatic rings. The number of nitrogens with zero attached hydrogens (tertiary/aromatic N) is 2. The highest BCUT2D eigenvalue weighted by Crippen LogP contribution is 2.35. The van der Waals surface area contributed by atoms with E-state index >= 15 is 0 Å². The summed E-state index contributed by atoms with van der Waals surface area (Å²) in [4.78, 5) is 39.8. The highest BCUT2D eigenvalue weighted by atomic mass is 19.4. The number of carboxylic acids is 1. The lowest BCUT2D eigenvalue weighted by Gasteiger charge is -2.30. The first kappa shape index (κ1) is 38.1. The minimum Gasteiger partial charge on any atom is -0.490 e. The third-order valence-electron chi connectivity index (χ3n) is 6.77. The molecule has 1 aromatic heterocycles. The molecule has 2 amide bonds. The largest absolute Gasteiger partial charge is 0.490 e. The van der Waals surface area contributed by atoms with Gasteiger partial charge in [-0.2, -0.15) is 13.2 Å². The number of carbonyl (C=O) groups is 3. The first-order valence-corrected chi connectivity index (χ1v) is 15.4. The number of alkyl halides is 3. The molecule has 49 heavy (non-hydrogen) atoms. The number of carboxylic acid groups (broad SMARTS) is 1. The number of fused-ring (bicyclic) bond motifs is 1. The lowest BCUT2D eigenvalue weighted by Crippen LogP contribution is -2.44. The molecule has 0 aliphatic carbocycles. The van der Waals surface area contributed by atoms with E-state index in [2.05, 4.69) is 15.6 Å². The van der Waals surface area contributed by atoms with Crippen molar-refractivity contribution in [2.45, 2.75) is 65.5 Å². The van der Waals surface area contributed by atoms with Gasteiger partial charge in [-0.05, 0) is 87.5 Å². The second-order valence-electron chi connectivity index (χ2n) is 11.3. The Bertz CT molecular complexity index is 1750. The summed E-state index contributed by atoms with van der Waals surface area (Å²) < 4.78 is 43.6. The fraction of sp³-hybridized carbons (Fsp3) is 0.314. The summed E-state index contributed by atoms with van der Waals surface area (Å²) in [5.41, 5.74) is 2.46. The molecule has 1 unspecified atom stereocenters. The smallest absolute Gasteiger partial charge is 0.490 e. The summed E-state index contributed by atoms with van der Waals surface area (Å²) in [5, 5.41) is 16.4. The SMILES string of the molecule is CCOc1cc(C(C(=O)NCc2ccccc2C(=O)NC(C)C)N(N)c2ccc3cnccc3c2)ccc1OC(C)C.O=C(O)C(F)(F)F. The van der Waals surface area contributed by atoms with E-state index in [1.54, 1.807) is 36.7 Å². The monoisotopic (exact) mass is 683 g/mol. The maximum absolute atomic E-state index is 14.0. The number of aromatic nitrogens is 1.